The number of hydrogen-bond donors (Lipinski definition) is 3. The fourth-order valence-corrected chi connectivity index (χ4v) is 4.68. The standard InChI is InChI=1S/C27H28N2O6S/c1-34-22-14-12-19(13-15-22)17-35-27(33)29-23(26(32)28-16-24(30)31)18-36-25(20-8-4-2-5-9-20)21-10-6-3-7-11-21/h2-15,23,25H,16-18H2,1H3,(H,28,32)(H,29,33)(H,30,31)/t23-/m0/s1. The molecular weight excluding hydrogens is 480 g/mol. The van der Waals surface area contributed by atoms with Crippen molar-refractivity contribution in [3.8, 4) is 5.75 Å². The summed E-state index contributed by atoms with van der Waals surface area (Å²) in [6.07, 6.45) is -0.780. The van der Waals surface area contributed by atoms with Crippen molar-refractivity contribution < 1.29 is 29.0 Å². The number of amides is 2. The van der Waals surface area contributed by atoms with Gasteiger partial charge in [-0.25, -0.2) is 4.79 Å². The van der Waals surface area contributed by atoms with E-state index in [0.29, 0.717) is 5.75 Å². The molecule has 0 unspecified atom stereocenters. The van der Waals surface area contributed by atoms with E-state index in [1.807, 2.05) is 60.7 Å². The van der Waals surface area contributed by atoms with E-state index in [9.17, 15) is 14.4 Å². The monoisotopic (exact) mass is 508 g/mol. The van der Waals surface area contributed by atoms with Gasteiger partial charge in [-0.2, -0.15) is 0 Å². The lowest BCUT2D eigenvalue weighted by Crippen LogP contribution is -2.49. The minimum atomic E-state index is -1.18. The minimum Gasteiger partial charge on any atom is -0.497 e. The molecular formula is C27H28N2O6S. The second-order valence-electron chi connectivity index (χ2n) is 7.77. The van der Waals surface area contributed by atoms with Crippen molar-refractivity contribution in [2.24, 2.45) is 0 Å². The number of methoxy groups -OCH3 is 1. The first-order valence-electron chi connectivity index (χ1n) is 11.2. The van der Waals surface area contributed by atoms with Crippen LogP contribution in [0, 0.1) is 0 Å². The van der Waals surface area contributed by atoms with Crippen molar-refractivity contribution >= 4 is 29.7 Å². The van der Waals surface area contributed by atoms with Gasteiger partial charge in [0.1, 0.15) is 24.9 Å². The van der Waals surface area contributed by atoms with E-state index in [0.717, 1.165) is 16.7 Å². The van der Waals surface area contributed by atoms with Crippen molar-refractivity contribution in [1.29, 1.82) is 0 Å². The Bertz CT molecular complexity index is 1090. The first kappa shape index (κ1) is 26.6. The molecule has 0 aliphatic rings. The summed E-state index contributed by atoms with van der Waals surface area (Å²) in [4.78, 5) is 36.2. The summed E-state index contributed by atoms with van der Waals surface area (Å²) in [6, 6.07) is 25.7. The zero-order chi connectivity index (χ0) is 25.8. The summed E-state index contributed by atoms with van der Waals surface area (Å²) < 4.78 is 10.4. The molecule has 0 fully saturated rings. The molecule has 2 amide bonds. The van der Waals surface area contributed by atoms with Crippen LogP contribution in [0.25, 0.3) is 0 Å². The summed E-state index contributed by atoms with van der Waals surface area (Å²) in [7, 11) is 1.56. The number of benzene rings is 3. The number of ether oxygens (including phenoxy) is 2. The normalized spacial score (nSPS) is 11.4. The average molecular weight is 509 g/mol. The number of nitrogens with one attached hydrogen (secondary N) is 2. The van der Waals surface area contributed by atoms with E-state index in [-0.39, 0.29) is 17.6 Å². The van der Waals surface area contributed by atoms with Crippen LogP contribution in [0.1, 0.15) is 21.9 Å². The van der Waals surface area contributed by atoms with Crippen LogP contribution in [-0.4, -0.2) is 48.5 Å². The van der Waals surface area contributed by atoms with Gasteiger partial charge in [-0.05, 0) is 28.8 Å². The second kappa shape index (κ2) is 13.8. The maximum atomic E-state index is 12.7. The Kier molecular flexibility index (Phi) is 10.2. The van der Waals surface area contributed by atoms with E-state index in [4.69, 9.17) is 14.6 Å². The highest BCUT2D eigenvalue weighted by Gasteiger charge is 2.25. The zero-order valence-electron chi connectivity index (χ0n) is 19.8. The Labute approximate surface area is 214 Å². The van der Waals surface area contributed by atoms with Gasteiger partial charge in [-0.3, -0.25) is 9.59 Å². The molecule has 3 aromatic rings. The van der Waals surface area contributed by atoms with Crippen molar-refractivity contribution in [2.45, 2.75) is 17.9 Å². The third-order valence-electron chi connectivity index (χ3n) is 5.19. The number of rotatable bonds is 12. The van der Waals surface area contributed by atoms with E-state index >= 15 is 0 Å². The summed E-state index contributed by atoms with van der Waals surface area (Å²) >= 11 is 1.47. The molecule has 3 rings (SSSR count). The number of thioether (sulfide) groups is 1. The molecule has 0 heterocycles. The summed E-state index contributed by atoms with van der Waals surface area (Å²) in [5.74, 6) is -0.909. The smallest absolute Gasteiger partial charge is 0.408 e. The largest absolute Gasteiger partial charge is 0.497 e. The van der Waals surface area contributed by atoms with Gasteiger partial charge in [-0.1, -0.05) is 72.8 Å². The SMILES string of the molecule is COc1ccc(COC(=O)N[C@@H](CSC(c2ccccc2)c2ccccc2)C(=O)NCC(=O)O)cc1. The van der Waals surface area contributed by atoms with E-state index in [2.05, 4.69) is 10.6 Å². The summed E-state index contributed by atoms with van der Waals surface area (Å²) in [6.45, 7) is -0.549. The van der Waals surface area contributed by atoms with E-state index in [1.165, 1.54) is 11.8 Å². The van der Waals surface area contributed by atoms with Gasteiger partial charge in [0.05, 0.1) is 12.4 Å². The van der Waals surface area contributed by atoms with Crippen molar-refractivity contribution in [2.75, 3.05) is 19.4 Å². The predicted octanol–water partition coefficient (Wildman–Crippen LogP) is 4.01. The average Bonchev–Trinajstić information content (AvgIpc) is 2.91. The molecule has 0 spiro atoms. The van der Waals surface area contributed by atoms with Crippen LogP contribution < -0.4 is 15.4 Å². The first-order chi connectivity index (χ1) is 17.5. The number of carbonyl (C=O) groups is 3. The van der Waals surface area contributed by atoms with Gasteiger partial charge in [0.15, 0.2) is 0 Å². The van der Waals surface area contributed by atoms with Gasteiger partial charge >= 0.3 is 12.1 Å². The van der Waals surface area contributed by atoms with Crippen LogP contribution >= 0.6 is 11.8 Å². The quantitative estimate of drug-likeness (QED) is 0.339. The summed E-state index contributed by atoms with van der Waals surface area (Å²) in [5, 5.41) is 13.8. The van der Waals surface area contributed by atoms with E-state index in [1.54, 1.807) is 31.4 Å². The van der Waals surface area contributed by atoms with Crippen LogP contribution in [-0.2, 0) is 20.9 Å². The van der Waals surface area contributed by atoms with Gasteiger partial charge in [0, 0.05) is 5.75 Å². The third kappa shape index (κ3) is 8.35. The molecule has 188 valence electrons. The van der Waals surface area contributed by atoms with E-state index < -0.39 is 30.6 Å². The highest BCUT2D eigenvalue weighted by molar-refractivity contribution is 7.99. The molecule has 9 heteroatoms. The number of alkyl carbamates (subject to hydrolysis) is 1. The van der Waals surface area contributed by atoms with Gasteiger partial charge in [-0.15, -0.1) is 11.8 Å². The highest BCUT2D eigenvalue weighted by Crippen LogP contribution is 2.35. The topological polar surface area (TPSA) is 114 Å². The van der Waals surface area contributed by atoms with Crippen LogP contribution in [0.4, 0.5) is 4.79 Å². The number of hydrogen-bond acceptors (Lipinski definition) is 6. The predicted molar refractivity (Wildman–Crippen MR) is 138 cm³/mol. The lowest BCUT2D eigenvalue weighted by molar-refractivity contribution is -0.138. The maximum absolute atomic E-state index is 12.7. The molecule has 0 aliphatic carbocycles. The van der Waals surface area contributed by atoms with Crippen LogP contribution in [0.2, 0.25) is 0 Å². The number of carbonyl (C=O) groups excluding carboxylic acids is 2. The molecule has 0 bridgehead atoms. The van der Waals surface area contributed by atoms with Gasteiger partial charge in [0.25, 0.3) is 0 Å². The Balaban J connectivity index is 1.69. The lowest BCUT2D eigenvalue weighted by atomic mass is 10.0. The Morgan fingerprint density at radius 1 is 0.889 bits per heavy atom. The fourth-order valence-electron chi connectivity index (χ4n) is 3.36. The molecule has 0 saturated heterocycles. The maximum Gasteiger partial charge on any atom is 0.408 e. The fraction of sp³-hybridized carbons (Fsp3) is 0.222. The molecule has 0 aromatic heterocycles. The third-order valence-corrected chi connectivity index (χ3v) is 6.59. The van der Waals surface area contributed by atoms with Gasteiger partial charge in [0.2, 0.25) is 5.91 Å². The first-order valence-corrected chi connectivity index (χ1v) is 12.3. The van der Waals surface area contributed by atoms with Crippen LogP contribution in [0.15, 0.2) is 84.9 Å². The molecule has 0 aliphatic heterocycles. The number of carboxylic acids is 1. The van der Waals surface area contributed by atoms with Crippen LogP contribution in [0.5, 0.6) is 5.75 Å². The molecule has 3 N–H and O–H groups in total. The second-order valence-corrected chi connectivity index (χ2v) is 8.91. The summed E-state index contributed by atoms with van der Waals surface area (Å²) in [5.41, 5.74) is 2.83. The Morgan fingerprint density at radius 2 is 1.47 bits per heavy atom. The van der Waals surface area contributed by atoms with Gasteiger partial charge < -0.3 is 25.2 Å². The lowest BCUT2D eigenvalue weighted by Gasteiger charge is -2.22. The van der Waals surface area contributed by atoms with Crippen molar-refractivity contribution in [3.05, 3.63) is 102 Å². The molecule has 3 aromatic carbocycles. The highest BCUT2D eigenvalue weighted by atomic mass is 32.2. The Morgan fingerprint density at radius 3 is 2.00 bits per heavy atom. The molecule has 1 atom stereocenters. The molecule has 0 radical (unpaired) electrons. The Hall–Kier alpha value is -3.98. The molecule has 0 saturated carbocycles. The zero-order valence-corrected chi connectivity index (χ0v) is 20.6. The van der Waals surface area contributed by atoms with Crippen molar-refractivity contribution in [3.63, 3.8) is 0 Å². The number of aliphatic carboxylic acids is 1. The van der Waals surface area contributed by atoms with Crippen molar-refractivity contribution in [1.82, 2.24) is 10.6 Å². The number of carboxylic acid groups (broad SMARTS) is 1. The molecule has 8 nitrogen and oxygen atoms in total. The molecule has 36 heavy (non-hydrogen) atoms. The van der Waals surface area contributed by atoms with Crippen LogP contribution in [0.3, 0.4) is 0 Å². The minimum absolute atomic E-state index is 0.00307.